The maximum atomic E-state index is 11.0. The number of amides is 1. The monoisotopic (exact) mass is 208 g/mol. The Kier molecular flexibility index (Phi) is 4.83. The fourth-order valence-corrected chi connectivity index (χ4v) is 0.948. The summed E-state index contributed by atoms with van der Waals surface area (Å²) in [5.74, 6) is -0.185. The topological polar surface area (TPSA) is 95.6 Å². The molecule has 0 fully saturated rings. The molecule has 0 aliphatic rings. The molecule has 80 valence electrons. The zero-order valence-electron chi connectivity index (χ0n) is 8.18. The van der Waals surface area contributed by atoms with Gasteiger partial charge in [-0.2, -0.15) is 5.26 Å². The Labute approximate surface area is 87.1 Å². The van der Waals surface area contributed by atoms with Gasteiger partial charge in [0.25, 0.3) is 0 Å². The molecule has 1 amide bonds. The van der Waals surface area contributed by atoms with E-state index in [9.17, 15) is 4.79 Å². The quantitative estimate of drug-likeness (QED) is 0.438. The number of nitrogens with one attached hydrogen (secondary N) is 2. The van der Waals surface area contributed by atoms with Crippen molar-refractivity contribution in [3.8, 4) is 6.07 Å². The molecular formula is C8H12N6O. The molecule has 7 nitrogen and oxygen atoms in total. The van der Waals surface area contributed by atoms with E-state index < -0.39 is 0 Å². The van der Waals surface area contributed by atoms with Crippen LogP contribution < -0.4 is 10.6 Å². The van der Waals surface area contributed by atoms with Crippen molar-refractivity contribution in [2.24, 2.45) is 0 Å². The second kappa shape index (κ2) is 6.50. The lowest BCUT2D eigenvalue weighted by Crippen LogP contribution is -2.35. The Morgan fingerprint density at radius 3 is 3.13 bits per heavy atom. The van der Waals surface area contributed by atoms with Crippen LogP contribution in [0.1, 0.15) is 0 Å². The van der Waals surface area contributed by atoms with Crippen molar-refractivity contribution < 1.29 is 4.79 Å². The fraction of sp³-hybridized carbons (Fsp3) is 0.500. The molecule has 1 aromatic rings. The average Bonchev–Trinajstić information content (AvgIpc) is 2.74. The maximum absolute atomic E-state index is 11.0. The van der Waals surface area contributed by atoms with Crippen LogP contribution in [0.4, 0.5) is 0 Å². The first-order chi connectivity index (χ1) is 7.33. The second-order valence-corrected chi connectivity index (χ2v) is 2.78. The highest BCUT2D eigenvalue weighted by Crippen LogP contribution is 1.78. The third kappa shape index (κ3) is 4.73. The molecule has 15 heavy (non-hydrogen) atoms. The number of nitrogens with zero attached hydrogens (tertiary/aromatic N) is 4. The minimum atomic E-state index is -0.185. The molecule has 0 aromatic carbocycles. The number of rotatable bonds is 6. The number of aromatic nitrogens is 3. The van der Waals surface area contributed by atoms with Crippen molar-refractivity contribution in [1.82, 2.24) is 25.6 Å². The van der Waals surface area contributed by atoms with Crippen LogP contribution in [0.2, 0.25) is 0 Å². The number of nitriles is 1. The molecule has 1 rings (SSSR count). The van der Waals surface area contributed by atoms with Crippen molar-refractivity contribution >= 4 is 5.91 Å². The van der Waals surface area contributed by atoms with Gasteiger partial charge in [-0.15, -0.1) is 5.10 Å². The summed E-state index contributed by atoms with van der Waals surface area (Å²) in [5.41, 5.74) is 0. The van der Waals surface area contributed by atoms with Crippen LogP contribution in [0.3, 0.4) is 0 Å². The van der Waals surface area contributed by atoms with Crippen molar-refractivity contribution in [3.63, 3.8) is 0 Å². The molecule has 0 aliphatic heterocycles. The minimum absolute atomic E-state index is 0.0452. The van der Waals surface area contributed by atoms with Crippen LogP contribution in [0.15, 0.2) is 12.4 Å². The smallest absolute Gasteiger partial charge is 0.234 e. The highest BCUT2D eigenvalue weighted by Gasteiger charge is 1.98. The highest BCUT2D eigenvalue weighted by atomic mass is 16.1. The molecule has 0 aliphatic carbocycles. The van der Waals surface area contributed by atoms with Gasteiger partial charge in [-0.3, -0.25) is 9.48 Å². The largest absolute Gasteiger partial charge is 0.342 e. The van der Waals surface area contributed by atoms with Crippen LogP contribution in [-0.2, 0) is 11.3 Å². The number of carbonyl (C=O) groups excluding carboxylic acids is 1. The highest BCUT2D eigenvalue weighted by molar-refractivity contribution is 5.78. The van der Waals surface area contributed by atoms with E-state index in [2.05, 4.69) is 20.9 Å². The predicted octanol–water partition coefficient (Wildman–Crippen LogP) is -1.49. The summed E-state index contributed by atoms with van der Waals surface area (Å²) in [6.45, 7) is 1.54. The van der Waals surface area contributed by atoms with Crippen molar-refractivity contribution in [2.75, 3.05) is 19.6 Å². The van der Waals surface area contributed by atoms with E-state index in [1.54, 1.807) is 17.1 Å². The Morgan fingerprint density at radius 2 is 2.47 bits per heavy atom. The molecule has 0 bridgehead atoms. The van der Waals surface area contributed by atoms with E-state index in [1.165, 1.54) is 0 Å². The van der Waals surface area contributed by atoms with Crippen molar-refractivity contribution in [2.45, 2.75) is 6.54 Å². The molecule has 0 saturated heterocycles. The van der Waals surface area contributed by atoms with Gasteiger partial charge in [-0.25, -0.2) is 0 Å². The summed E-state index contributed by atoms with van der Waals surface area (Å²) in [6.07, 6.45) is 3.34. The third-order valence-corrected chi connectivity index (χ3v) is 1.64. The van der Waals surface area contributed by atoms with E-state index >= 15 is 0 Å². The van der Waals surface area contributed by atoms with Crippen LogP contribution in [-0.4, -0.2) is 40.5 Å². The third-order valence-electron chi connectivity index (χ3n) is 1.64. The molecule has 0 unspecified atom stereocenters. The lowest BCUT2D eigenvalue weighted by molar-refractivity contribution is -0.120. The van der Waals surface area contributed by atoms with E-state index in [1.807, 2.05) is 6.07 Å². The first-order valence-corrected chi connectivity index (χ1v) is 4.51. The average molecular weight is 208 g/mol. The molecule has 2 N–H and O–H groups in total. The van der Waals surface area contributed by atoms with E-state index in [0.29, 0.717) is 13.1 Å². The Morgan fingerprint density at radius 1 is 1.60 bits per heavy atom. The van der Waals surface area contributed by atoms with Gasteiger partial charge in [-0.05, 0) is 0 Å². The molecule has 0 radical (unpaired) electrons. The van der Waals surface area contributed by atoms with Gasteiger partial charge in [-0.1, -0.05) is 5.21 Å². The van der Waals surface area contributed by atoms with Crippen LogP contribution in [0.5, 0.6) is 0 Å². The zero-order valence-corrected chi connectivity index (χ0v) is 8.18. The molecule has 1 heterocycles. The standard InChI is InChI=1S/C8H12N6O/c9-1-2-11-8(15)7-10-3-5-14-6-4-12-13-14/h4,6,10H,2-3,5,7H2,(H,11,15). The normalized spacial score (nSPS) is 9.53. The first-order valence-electron chi connectivity index (χ1n) is 4.51. The summed E-state index contributed by atoms with van der Waals surface area (Å²) < 4.78 is 1.67. The van der Waals surface area contributed by atoms with Gasteiger partial charge in [0.1, 0.15) is 6.54 Å². The Hall–Kier alpha value is -1.94. The van der Waals surface area contributed by atoms with Crippen LogP contribution in [0, 0.1) is 11.3 Å². The van der Waals surface area contributed by atoms with Gasteiger partial charge in [0.05, 0.1) is 25.4 Å². The molecule has 1 aromatic heterocycles. The summed E-state index contributed by atoms with van der Waals surface area (Å²) in [5, 5.41) is 21.0. The van der Waals surface area contributed by atoms with Crippen LogP contribution in [0.25, 0.3) is 0 Å². The molecular weight excluding hydrogens is 196 g/mol. The van der Waals surface area contributed by atoms with Gasteiger partial charge in [0, 0.05) is 12.7 Å². The van der Waals surface area contributed by atoms with Gasteiger partial charge in [0.2, 0.25) is 5.91 Å². The van der Waals surface area contributed by atoms with Crippen molar-refractivity contribution in [3.05, 3.63) is 12.4 Å². The van der Waals surface area contributed by atoms with Gasteiger partial charge in [0.15, 0.2) is 0 Å². The summed E-state index contributed by atoms with van der Waals surface area (Å²) in [7, 11) is 0. The number of hydrogen-bond acceptors (Lipinski definition) is 5. The number of hydrogen-bond donors (Lipinski definition) is 2. The van der Waals surface area contributed by atoms with E-state index in [4.69, 9.17) is 5.26 Å². The Balaban J connectivity index is 2.02. The SMILES string of the molecule is N#CCNC(=O)CNCCn1ccnn1. The van der Waals surface area contributed by atoms with Crippen molar-refractivity contribution in [1.29, 1.82) is 5.26 Å². The van der Waals surface area contributed by atoms with Gasteiger partial charge >= 0.3 is 0 Å². The maximum Gasteiger partial charge on any atom is 0.234 e. The first kappa shape index (κ1) is 11.1. The Bertz CT molecular complexity index is 327. The van der Waals surface area contributed by atoms with Crippen LogP contribution >= 0.6 is 0 Å². The van der Waals surface area contributed by atoms with E-state index in [-0.39, 0.29) is 19.0 Å². The zero-order chi connectivity index (χ0) is 10.9. The lowest BCUT2D eigenvalue weighted by atomic mass is 10.5. The fourth-order valence-electron chi connectivity index (χ4n) is 0.948. The predicted molar refractivity (Wildman–Crippen MR) is 51.5 cm³/mol. The summed E-state index contributed by atoms with van der Waals surface area (Å²) in [4.78, 5) is 11.0. The lowest BCUT2D eigenvalue weighted by Gasteiger charge is -2.03. The van der Waals surface area contributed by atoms with E-state index in [0.717, 1.165) is 0 Å². The molecule has 0 atom stereocenters. The molecule has 7 heteroatoms. The minimum Gasteiger partial charge on any atom is -0.342 e. The molecule has 0 saturated carbocycles. The van der Waals surface area contributed by atoms with Gasteiger partial charge < -0.3 is 10.6 Å². The summed E-state index contributed by atoms with van der Waals surface area (Å²) >= 11 is 0. The number of carbonyl (C=O) groups is 1. The second-order valence-electron chi connectivity index (χ2n) is 2.78. The summed E-state index contributed by atoms with van der Waals surface area (Å²) in [6, 6.07) is 1.83. The molecule has 0 spiro atoms.